The van der Waals surface area contributed by atoms with Crippen molar-refractivity contribution in [3.63, 3.8) is 0 Å². The molecule has 0 saturated carbocycles. The van der Waals surface area contributed by atoms with Crippen molar-refractivity contribution in [2.45, 2.75) is 37.5 Å². The van der Waals surface area contributed by atoms with E-state index in [1.807, 2.05) is 30.1 Å². The molecule has 2 fully saturated rings. The van der Waals surface area contributed by atoms with Crippen LogP contribution in [0.5, 0.6) is 0 Å². The highest BCUT2D eigenvalue weighted by atomic mass is 35.5. The molecule has 1 N–H and O–H groups in total. The summed E-state index contributed by atoms with van der Waals surface area (Å²) in [6, 6.07) is 6.33. The first-order valence-corrected chi connectivity index (χ1v) is 11.4. The number of pyridine rings is 1. The number of H-pyrrole nitrogens is 1. The second-order valence-corrected chi connectivity index (χ2v) is 9.95. The molecule has 0 aromatic carbocycles. The van der Waals surface area contributed by atoms with Crippen molar-refractivity contribution >= 4 is 40.2 Å². The highest BCUT2D eigenvalue weighted by Gasteiger charge is 2.35. The maximum Gasteiger partial charge on any atom is 0.162 e. The number of thioether (sulfide) groups is 1. The summed E-state index contributed by atoms with van der Waals surface area (Å²) < 4.78 is 5.65. The van der Waals surface area contributed by atoms with Gasteiger partial charge in [-0.1, -0.05) is 11.6 Å². The first kappa shape index (κ1) is 19.2. The number of fused-ring (bicyclic) bond motifs is 1. The van der Waals surface area contributed by atoms with Crippen LogP contribution in [0.2, 0.25) is 5.15 Å². The Morgan fingerprint density at radius 3 is 3.00 bits per heavy atom. The third-order valence-electron chi connectivity index (χ3n) is 5.87. The van der Waals surface area contributed by atoms with Gasteiger partial charge in [-0.3, -0.25) is 0 Å². The van der Waals surface area contributed by atoms with Crippen LogP contribution in [0.3, 0.4) is 0 Å². The highest BCUT2D eigenvalue weighted by Crippen LogP contribution is 2.46. The van der Waals surface area contributed by atoms with Crippen LogP contribution in [-0.2, 0) is 9.48 Å². The number of halogens is 1. The van der Waals surface area contributed by atoms with Crippen LogP contribution in [0.4, 0.5) is 5.82 Å². The molecule has 3 aromatic rings. The number of hydrogen-bond acceptors (Lipinski definition) is 6. The molecule has 3 aromatic heterocycles. The minimum atomic E-state index is 0.00997. The van der Waals surface area contributed by atoms with E-state index in [2.05, 4.69) is 34.8 Å². The van der Waals surface area contributed by atoms with Crippen molar-refractivity contribution < 1.29 is 4.74 Å². The third-order valence-corrected chi connectivity index (χ3v) is 7.61. The number of ether oxygens (including phenoxy) is 1. The molecule has 29 heavy (non-hydrogen) atoms. The molecule has 0 aliphatic carbocycles. The molecule has 2 atom stereocenters. The maximum atomic E-state index is 6.32. The number of aromatic amines is 1. The lowest BCUT2D eigenvalue weighted by atomic mass is 10.0. The Bertz CT molecular complexity index is 1050. The summed E-state index contributed by atoms with van der Waals surface area (Å²) in [5, 5.41) is 1.42. The molecule has 5 heterocycles. The largest absolute Gasteiger partial charge is 0.377 e. The van der Waals surface area contributed by atoms with E-state index in [1.165, 1.54) is 12.2 Å². The molecule has 0 amide bonds. The fourth-order valence-electron chi connectivity index (χ4n) is 4.21. The van der Waals surface area contributed by atoms with E-state index >= 15 is 0 Å². The summed E-state index contributed by atoms with van der Waals surface area (Å²) in [7, 11) is 0. The van der Waals surface area contributed by atoms with Crippen LogP contribution < -0.4 is 4.90 Å². The van der Waals surface area contributed by atoms with Gasteiger partial charge in [0, 0.05) is 29.8 Å². The van der Waals surface area contributed by atoms with E-state index in [0.717, 1.165) is 41.1 Å². The highest BCUT2D eigenvalue weighted by molar-refractivity contribution is 8.00. The second-order valence-electron chi connectivity index (χ2n) is 7.97. The van der Waals surface area contributed by atoms with E-state index in [4.69, 9.17) is 26.3 Å². The zero-order valence-electron chi connectivity index (χ0n) is 16.6. The molecule has 6 nitrogen and oxygen atoms in total. The van der Waals surface area contributed by atoms with Crippen LogP contribution in [0, 0.1) is 0 Å². The molecule has 2 unspecified atom stereocenters. The zero-order chi connectivity index (χ0) is 20.0. The minimum Gasteiger partial charge on any atom is -0.377 e. The number of nitrogens with zero attached hydrogens (tertiary/aromatic N) is 4. The molecular formula is C21H24ClN5OS. The molecule has 0 bridgehead atoms. The van der Waals surface area contributed by atoms with Gasteiger partial charge in [0.25, 0.3) is 0 Å². The number of nitrogens with one attached hydrogen (secondary N) is 1. The normalized spacial score (nSPS) is 25.1. The Hall–Kier alpha value is -1.83. The molecule has 5 rings (SSSR count). The number of morpholine rings is 1. The Balaban J connectivity index is 1.70. The molecule has 8 heteroatoms. The maximum absolute atomic E-state index is 6.32. The summed E-state index contributed by atoms with van der Waals surface area (Å²) in [5.74, 6) is 2.84. The quantitative estimate of drug-likeness (QED) is 0.612. The van der Waals surface area contributed by atoms with Gasteiger partial charge in [0.1, 0.15) is 16.6 Å². The van der Waals surface area contributed by atoms with Gasteiger partial charge in [0.05, 0.1) is 29.7 Å². The summed E-state index contributed by atoms with van der Waals surface area (Å²) >= 11 is 8.31. The Kier molecular flexibility index (Phi) is 4.92. The SMILES string of the molecule is CC1COCCN1c1cc(C2(C)CCCS2)nc(-c2cc(Cl)nc3[nH]ccc23)n1. The van der Waals surface area contributed by atoms with E-state index in [-0.39, 0.29) is 10.8 Å². The molecule has 2 aliphatic rings. The average molecular weight is 430 g/mol. The lowest BCUT2D eigenvalue weighted by Gasteiger charge is -2.35. The first-order chi connectivity index (χ1) is 14.0. The fourth-order valence-corrected chi connectivity index (χ4v) is 5.69. The van der Waals surface area contributed by atoms with Crippen LogP contribution in [0.1, 0.15) is 32.4 Å². The van der Waals surface area contributed by atoms with E-state index in [1.54, 1.807) is 0 Å². The van der Waals surface area contributed by atoms with Crippen molar-refractivity contribution in [1.29, 1.82) is 0 Å². The van der Waals surface area contributed by atoms with Crippen LogP contribution in [0.25, 0.3) is 22.4 Å². The first-order valence-electron chi connectivity index (χ1n) is 10.1. The number of anilines is 1. The number of aromatic nitrogens is 4. The molecule has 0 radical (unpaired) electrons. The second kappa shape index (κ2) is 7.45. The molecule has 2 saturated heterocycles. The van der Waals surface area contributed by atoms with Crippen molar-refractivity contribution in [3.05, 3.63) is 35.2 Å². The molecule has 152 valence electrons. The minimum absolute atomic E-state index is 0.00997. The van der Waals surface area contributed by atoms with Crippen LogP contribution >= 0.6 is 23.4 Å². The number of hydrogen-bond donors (Lipinski definition) is 1. The van der Waals surface area contributed by atoms with Crippen LogP contribution in [0.15, 0.2) is 24.4 Å². The van der Waals surface area contributed by atoms with E-state index in [9.17, 15) is 0 Å². The van der Waals surface area contributed by atoms with Crippen molar-refractivity contribution in [1.82, 2.24) is 19.9 Å². The summed E-state index contributed by atoms with van der Waals surface area (Å²) in [6.07, 6.45) is 4.22. The smallest absolute Gasteiger partial charge is 0.162 e. The van der Waals surface area contributed by atoms with Gasteiger partial charge in [-0.05, 0) is 44.6 Å². The summed E-state index contributed by atoms with van der Waals surface area (Å²) in [5.41, 5.74) is 2.76. The van der Waals surface area contributed by atoms with E-state index in [0.29, 0.717) is 24.2 Å². The monoisotopic (exact) mass is 429 g/mol. The van der Waals surface area contributed by atoms with Gasteiger partial charge >= 0.3 is 0 Å². The lowest BCUT2D eigenvalue weighted by Crippen LogP contribution is -2.44. The predicted molar refractivity (Wildman–Crippen MR) is 119 cm³/mol. The van der Waals surface area contributed by atoms with Gasteiger partial charge in [-0.15, -0.1) is 11.8 Å². The Morgan fingerprint density at radius 1 is 1.31 bits per heavy atom. The average Bonchev–Trinajstić information content (AvgIpc) is 3.37. The topological polar surface area (TPSA) is 66.9 Å². The van der Waals surface area contributed by atoms with Gasteiger partial charge < -0.3 is 14.6 Å². The standard InChI is InChI=1S/C21H24ClN5OS/c1-13-12-28-8-7-27(13)18-11-16(21(2)5-3-9-29-21)24-20(26-18)15-10-17(22)25-19-14(15)4-6-23-19/h4,6,10-11,13H,3,5,7-9,12H2,1-2H3,(H,23,25). The number of rotatable bonds is 3. The van der Waals surface area contributed by atoms with Gasteiger partial charge in [-0.25, -0.2) is 15.0 Å². The van der Waals surface area contributed by atoms with Gasteiger partial charge in [-0.2, -0.15) is 0 Å². The van der Waals surface area contributed by atoms with Gasteiger partial charge in [0.2, 0.25) is 0 Å². The predicted octanol–water partition coefficient (Wildman–Crippen LogP) is 4.64. The lowest BCUT2D eigenvalue weighted by molar-refractivity contribution is 0.0985. The molecule has 0 spiro atoms. The molecular weight excluding hydrogens is 406 g/mol. The van der Waals surface area contributed by atoms with E-state index < -0.39 is 0 Å². The van der Waals surface area contributed by atoms with Crippen molar-refractivity contribution in [3.8, 4) is 11.4 Å². The Morgan fingerprint density at radius 2 is 2.21 bits per heavy atom. The van der Waals surface area contributed by atoms with Gasteiger partial charge in [0.15, 0.2) is 5.82 Å². The van der Waals surface area contributed by atoms with Crippen molar-refractivity contribution in [2.24, 2.45) is 0 Å². The zero-order valence-corrected chi connectivity index (χ0v) is 18.2. The van der Waals surface area contributed by atoms with Crippen LogP contribution in [-0.4, -0.2) is 51.5 Å². The van der Waals surface area contributed by atoms with Crippen molar-refractivity contribution in [2.75, 3.05) is 30.4 Å². The Labute approximate surface area is 179 Å². The third kappa shape index (κ3) is 3.49. The molecule has 2 aliphatic heterocycles. The summed E-state index contributed by atoms with van der Waals surface area (Å²) in [6.45, 7) is 6.74. The summed E-state index contributed by atoms with van der Waals surface area (Å²) in [4.78, 5) is 19.9. The fraction of sp³-hybridized carbons (Fsp3) is 0.476.